The minimum atomic E-state index is -2.35. The first kappa shape index (κ1) is 7.68. The van der Waals surface area contributed by atoms with Crippen LogP contribution in [-0.4, -0.2) is 0 Å². The molecule has 0 aromatic heterocycles. The Kier molecular flexibility index (Phi) is 1.81. The van der Waals surface area contributed by atoms with Crippen LogP contribution in [0, 0.1) is 0 Å². The molecule has 1 heterocycles. The second-order valence-corrected chi connectivity index (χ2v) is 2.93. The van der Waals surface area contributed by atoms with Crippen molar-refractivity contribution in [2.24, 2.45) is 0 Å². The molecule has 1 aliphatic rings. The molecule has 0 amide bonds. The molecule has 1 aromatic rings. The third-order valence-electron chi connectivity index (χ3n) is 2.11. The summed E-state index contributed by atoms with van der Waals surface area (Å²) in [6.07, 6.45) is -2.35. The van der Waals surface area contributed by atoms with E-state index >= 15 is 0 Å². The van der Waals surface area contributed by atoms with Gasteiger partial charge in [-0.2, -0.15) is 0 Å². The standard InChI is InChI=1S/C9H9F2N/c10-9(11)6-1-2-7-4-12-5-8(7)3-6/h1-3,9,12H,4-5H2. The van der Waals surface area contributed by atoms with E-state index in [1.807, 2.05) is 0 Å². The molecule has 0 fully saturated rings. The van der Waals surface area contributed by atoms with Gasteiger partial charge >= 0.3 is 0 Å². The molecule has 1 aromatic carbocycles. The molecule has 0 saturated heterocycles. The van der Waals surface area contributed by atoms with Gasteiger partial charge in [0.05, 0.1) is 0 Å². The zero-order valence-electron chi connectivity index (χ0n) is 6.48. The molecule has 12 heavy (non-hydrogen) atoms. The van der Waals surface area contributed by atoms with Crippen LogP contribution < -0.4 is 5.32 Å². The Hall–Kier alpha value is -0.960. The zero-order chi connectivity index (χ0) is 8.55. The summed E-state index contributed by atoms with van der Waals surface area (Å²) in [6.45, 7) is 1.52. The van der Waals surface area contributed by atoms with Gasteiger partial charge in [-0.05, 0) is 17.2 Å². The van der Waals surface area contributed by atoms with Gasteiger partial charge in [-0.3, -0.25) is 0 Å². The van der Waals surface area contributed by atoms with Crippen molar-refractivity contribution in [3.8, 4) is 0 Å². The Morgan fingerprint density at radius 3 is 2.67 bits per heavy atom. The van der Waals surface area contributed by atoms with Crippen LogP contribution in [0.4, 0.5) is 8.78 Å². The van der Waals surface area contributed by atoms with E-state index in [0.717, 1.165) is 24.2 Å². The lowest BCUT2D eigenvalue weighted by Crippen LogP contribution is -1.99. The average Bonchev–Trinajstić information content (AvgIpc) is 2.49. The van der Waals surface area contributed by atoms with Crippen molar-refractivity contribution in [2.75, 3.05) is 0 Å². The highest BCUT2D eigenvalue weighted by atomic mass is 19.3. The van der Waals surface area contributed by atoms with Crippen molar-refractivity contribution in [1.82, 2.24) is 5.32 Å². The number of alkyl halides is 2. The first-order valence-corrected chi connectivity index (χ1v) is 3.88. The fraction of sp³-hybridized carbons (Fsp3) is 0.333. The van der Waals surface area contributed by atoms with Crippen molar-refractivity contribution in [3.05, 3.63) is 34.9 Å². The molecule has 64 valence electrons. The van der Waals surface area contributed by atoms with Crippen LogP contribution in [0.3, 0.4) is 0 Å². The molecule has 1 nitrogen and oxygen atoms in total. The van der Waals surface area contributed by atoms with Crippen molar-refractivity contribution in [1.29, 1.82) is 0 Å². The molecule has 3 heteroatoms. The summed E-state index contributed by atoms with van der Waals surface area (Å²) in [4.78, 5) is 0. The summed E-state index contributed by atoms with van der Waals surface area (Å²) in [5.74, 6) is 0. The molecular weight excluding hydrogens is 160 g/mol. The van der Waals surface area contributed by atoms with E-state index < -0.39 is 6.43 Å². The van der Waals surface area contributed by atoms with Gasteiger partial charge in [-0.15, -0.1) is 0 Å². The fourth-order valence-electron chi connectivity index (χ4n) is 1.45. The summed E-state index contributed by atoms with van der Waals surface area (Å²) in [5.41, 5.74) is 2.27. The third-order valence-corrected chi connectivity index (χ3v) is 2.11. The zero-order valence-corrected chi connectivity index (χ0v) is 6.48. The van der Waals surface area contributed by atoms with E-state index in [-0.39, 0.29) is 5.56 Å². The van der Waals surface area contributed by atoms with Crippen LogP contribution in [-0.2, 0) is 13.1 Å². The summed E-state index contributed by atoms with van der Waals surface area (Å²) < 4.78 is 24.4. The van der Waals surface area contributed by atoms with E-state index in [1.54, 1.807) is 12.1 Å². The predicted octanol–water partition coefficient (Wildman–Crippen LogP) is 2.23. The van der Waals surface area contributed by atoms with Crippen LogP contribution >= 0.6 is 0 Å². The highest BCUT2D eigenvalue weighted by Crippen LogP contribution is 2.23. The molecule has 0 radical (unpaired) electrons. The second-order valence-electron chi connectivity index (χ2n) is 2.93. The van der Waals surface area contributed by atoms with Crippen LogP contribution in [0.15, 0.2) is 18.2 Å². The number of nitrogens with one attached hydrogen (secondary N) is 1. The fourth-order valence-corrected chi connectivity index (χ4v) is 1.45. The van der Waals surface area contributed by atoms with E-state index in [9.17, 15) is 8.78 Å². The first-order valence-electron chi connectivity index (χ1n) is 3.88. The molecule has 0 bridgehead atoms. The minimum Gasteiger partial charge on any atom is -0.309 e. The van der Waals surface area contributed by atoms with Gasteiger partial charge in [0.15, 0.2) is 0 Å². The Bertz CT molecular complexity index is 297. The number of hydrogen-bond acceptors (Lipinski definition) is 1. The van der Waals surface area contributed by atoms with Gasteiger partial charge in [0.2, 0.25) is 0 Å². The number of benzene rings is 1. The number of halogens is 2. The Morgan fingerprint density at radius 1 is 1.17 bits per heavy atom. The quantitative estimate of drug-likeness (QED) is 0.679. The van der Waals surface area contributed by atoms with Crippen molar-refractivity contribution >= 4 is 0 Å². The number of rotatable bonds is 1. The molecule has 1 aliphatic heterocycles. The van der Waals surface area contributed by atoms with Crippen molar-refractivity contribution in [2.45, 2.75) is 19.5 Å². The van der Waals surface area contributed by atoms with Gasteiger partial charge in [-0.25, -0.2) is 8.78 Å². The lowest BCUT2D eigenvalue weighted by atomic mass is 10.1. The van der Waals surface area contributed by atoms with Gasteiger partial charge in [-0.1, -0.05) is 12.1 Å². The maximum atomic E-state index is 12.2. The summed E-state index contributed by atoms with van der Waals surface area (Å²) >= 11 is 0. The normalized spacial score (nSPS) is 15.2. The summed E-state index contributed by atoms with van der Waals surface area (Å²) in [5, 5.41) is 3.11. The summed E-state index contributed by atoms with van der Waals surface area (Å²) in [7, 11) is 0. The van der Waals surface area contributed by atoms with E-state index in [2.05, 4.69) is 5.32 Å². The van der Waals surface area contributed by atoms with Gasteiger partial charge in [0.25, 0.3) is 6.43 Å². The van der Waals surface area contributed by atoms with Crippen LogP contribution in [0.1, 0.15) is 23.1 Å². The minimum absolute atomic E-state index is 0.123. The molecule has 0 aliphatic carbocycles. The topological polar surface area (TPSA) is 12.0 Å². The Morgan fingerprint density at radius 2 is 1.92 bits per heavy atom. The molecule has 0 atom stereocenters. The van der Waals surface area contributed by atoms with Crippen LogP contribution in [0.25, 0.3) is 0 Å². The van der Waals surface area contributed by atoms with Crippen LogP contribution in [0.5, 0.6) is 0 Å². The van der Waals surface area contributed by atoms with Gasteiger partial charge in [0, 0.05) is 18.7 Å². The molecule has 1 N–H and O–H groups in total. The average molecular weight is 169 g/mol. The lowest BCUT2D eigenvalue weighted by Gasteiger charge is -2.01. The molecule has 0 saturated carbocycles. The summed E-state index contributed by atoms with van der Waals surface area (Å²) in [6, 6.07) is 4.85. The Labute approximate surface area is 69.4 Å². The second kappa shape index (κ2) is 2.83. The maximum absolute atomic E-state index is 12.2. The lowest BCUT2D eigenvalue weighted by molar-refractivity contribution is 0.151. The number of fused-ring (bicyclic) bond motifs is 1. The monoisotopic (exact) mass is 169 g/mol. The number of hydrogen-bond donors (Lipinski definition) is 1. The van der Waals surface area contributed by atoms with Gasteiger partial charge in [0.1, 0.15) is 0 Å². The SMILES string of the molecule is FC(F)c1ccc2c(c1)CNC2. The Balaban J connectivity index is 2.39. The smallest absolute Gasteiger partial charge is 0.263 e. The molecular formula is C9H9F2N. The van der Waals surface area contributed by atoms with E-state index in [4.69, 9.17) is 0 Å². The predicted molar refractivity (Wildman–Crippen MR) is 41.9 cm³/mol. The maximum Gasteiger partial charge on any atom is 0.263 e. The largest absolute Gasteiger partial charge is 0.309 e. The highest BCUT2D eigenvalue weighted by molar-refractivity contribution is 5.34. The third kappa shape index (κ3) is 1.20. The van der Waals surface area contributed by atoms with Crippen molar-refractivity contribution < 1.29 is 8.78 Å². The molecule has 0 unspecified atom stereocenters. The van der Waals surface area contributed by atoms with Gasteiger partial charge < -0.3 is 5.32 Å². The van der Waals surface area contributed by atoms with E-state index in [0.29, 0.717) is 0 Å². The highest BCUT2D eigenvalue weighted by Gasteiger charge is 2.13. The molecule has 2 rings (SSSR count). The molecule has 0 spiro atoms. The van der Waals surface area contributed by atoms with Crippen molar-refractivity contribution in [3.63, 3.8) is 0 Å². The van der Waals surface area contributed by atoms with Crippen LogP contribution in [0.2, 0.25) is 0 Å². The first-order chi connectivity index (χ1) is 5.77. The van der Waals surface area contributed by atoms with E-state index in [1.165, 1.54) is 6.07 Å².